The van der Waals surface area contributed by atoms with Gasteiger partial charge in [0, 0.05) is 0 Å². The molecule has 1 radical (unpaired) electrons. The van der Waals surface area contributed by atoms with Crippen LogP contribution in [0.5, 0.6) is 0 Å². The second-order valence-electron chi connectivity index (χ2n) is 5.13. The molecule has 2 bridgehead atoms. The highest BCUT2D eigenvalue weighted by molar-refractivity contribution is 6.18. The first-order valence-electron chi connectivity index (χ1n) is 6.53. The second-order valence-corrected chi connectivity index (χ2v) is 5.13. The molecule has 1 aromatic carbocycles. The molecule has 1 amide bonds. The van der Waals surface area contributed by atoms with Crippen LogP contribution in [-0.2, 0) is 15.0 Å². The molecule has 3 rings (SSSR count). The monoisotopic (exact) mass is 267 g/mol. The Morgan fingerprint density at radius 1 is 1.10 bits per heavy atom. The fraction of sp³-hybridized carbons (Fsp3) is 0.188. The summed E-state index contributed by atoms with van der Waals surface area (Å²) in [7, 11) is 0. The number of rotatable bonds is 1. The Labute approximate surface area is 117 Å². The molecule has 0 spiro atoms. The Kier molecular flexibility index (Phi) is 2.93. The minimum atomic E-state index is -1.21. The standard InChI is InChI=1S/C16H15N2O2/c1-16(12-7-3-2-4-8-12)14(19)11-6-5-9-13(10-11)17-18-15(16)20/h2-5,7-10,17H,6H2,1H3,(H,18,20). The average Bonchev–Trinajstić information content (AvgIpc) is 2.51. The molecule has 1 aliphatic carbocycles. The zero-order chi connectivity index (χ0) is 14.2. The first kappa shape index (κ1) is 12.7. The summed E-state index contributed by atoms with van der Waals surface area (Å²) in [6, 6.07) is 9.15. The number of carbonyl (C=O) groups is 2. The molecule has 20 heavy (non-hydrogen) atoms. The van der Waals surface area contributed by atoms with Crippen LogP contribution < -0.4 is 10.9 Å². The van der Waals surface area contributed by atoms with Gasteiger partial charge in [0.05, 0.1) is 5.70 Å². The molecule has 4 heteroatoms. The van der Waals surface area contributed by atoms with Crippen LogP contribution in [0.4, 0.5) is 0 Å². The molecule has 1 aromatic rings. The van der Waals surface area contributed by atoms with Crippen LogP contribution in [0.2, 0.25) is 0 Å². The fourth-order valence-corrected chi connectivity index (χ4v) is 2.56. The van der Waals surface area contributed by atoms with Gasteiger partial charge >= 0.3 is 0 Å². The fourth-order valence-electron chi connectivity index (χ4n) is 2.56. The van der Waals surface area contributed by atoms with Crippen LogP contribution in [0.25, 0.3) is 0 Å². The molecule has 1 atom stereocenters. The van der Waals surface area contributed by atoms with E-state index in [1.165, 1.54) is 0 Å². The molecule has 101 valence electrons. The number of carbonyl (C=O) groups excluding carboxylic acids is 2. The maximum atomic E-state index is 12.8. The minimum Gasteiger partial charge on any atom is -0.299 e. The number of ketones is 1. The Balaban J connectivity index is 2.13. The van der Waals surface area contributed by atoms with E-state index in [0.29, 0.717) is 17.6 Å². The van der Waals surface area contributed by atoms with Crippen molar-refractivity contribution < 1.29 is 9.59 Å². The number of Topliss-reactive ketones (excluding diaryl/α,β-unsaturated/α-hetero) is 1. The minimum absolute atomic E-state index is 0.149. The van der Waals surface area contributed by atoms with Crippen LogP contribution in [0.15, 0.2) is 53.8 Å². The topological polar surface area (TPSA) is 58.2 Å². The lowest BCUT2D eigenvalue weighted by Gasteiger charge is -2.32. The van der Waals surface area contributed by atoms with Gasteiger partial charge in [-0.2, -0.15) is 0 Å². The van der Waals surface area contributed by atoms with Gasteiger partial charge in [0.1, 0.15) is 5.41 Å². The van der Waals surface area contributed by atoms with Crippen molar-refractivity contribution in [3.63, 3.8) is 0 Å². The molecule has 1 aliphatic heterocycles. The number of amides is 1. The van der Waals surface area contributed by atoms with Crippen molar-refractivity contribution >= 4 is 11.7 Å². The van der Waals surface area contributed by atoms with Crippen molar-refractivity contribution in [3.8, 4) is 0 Å². The number of hydrogen-bond acceptors (Lipinski definition) is 3. The Hall–Kier alpha value is -2.36. The molecule has 0 saturated heterocycles. The highest BCUT2D eigenvalue weighted by atomic mass is 16.2. The van der Waals surface area contributed by atoms with E-state index in [2.05, 4.69) is 10.9 Å². The molecular formula is C16H15N2O2. The molecule has 0 fully saturated rings. The molecular weight excluding hydrogens is 252 g/mol. The van der Waals surface area contributed by atoms with Crippen LogP contribution in [0.3, 0.4) is 0 Å². The van der Waals surface area contributed by atoms with Gasteiger partial charge in [0.15, 0.2) is 5.78 Å². The smallest absolute Gasteiger partial charge is 0.256 e. The van der Waals surface area contributed by atoms with Gasteiger partial charge < -0.3 is 0 Å². The van der Waals surface area contributed by atoms with Gasteiger partial charge in [-0.1, -0.05) is 36.4 Å². The van der Waals surface area contributed by atoms with E-state index in [4.69, 9.17) is 0 Å². The predicted octanol–water partition coefficient (Wildman–Crippen LogP) is 1.57. The number of hydrazine groups is 1. The summed E-state index contributed by atoms with van der Waals surface area (Å²) in [5.41, 5.74) is 6.33. The largest absolute Gasteiger partial charge is 0.299 e. The summed E-state index contributed by atoms with van der Waals surface area (Å²) >= 11 is 0. The molecule has 0 saturated carbocycles. The van der Waals surface area contributed by atoms with Crippen LogP contribution >= 0.6 is 0 Å². The van der Waals surface area contributed by atoms with E-state index in [1.807, 2.05) is 42.8 Å². The normalized spacial score (nSPS) is 25.6. The van der Waals surface area contributed by atoms with Gasteiger partial charge in [0.25, 0.3) is 5.91 Å². The van der Waals surface area contributed by atoms with E-state index in [1.54, 1.807) is 13.0 Å². The van der Waals surface area contributed by atoms with E-state index in [-0.39, 0.29) is 11.7 Å². The average molecular weight is 267 g/mol. The van der Waals surface area contributed by atoms with E-state index >= 15 is 0 Å². The van der Waals surface area contributed by atoms with Crippen molar-refractivity contribution in [1.29, 1.82) is 0 Å². The number of hydrogen-bond donors (Lipinski definition) is 2. The van der Waals surface area contributed by atoms with Gasteiger partial charge in [-0.3, -0.25) is 20.4 Å². The van der Waals surface area contributed by atoms with E-state index in [0.717, 1.165) is 5.70 Å². The molecule has 2 N–H and O–H groups in total. The second kappa shape index (κ2) is 4.63. The summed E-state index contributed by atoms with van der Waals surface area (Å²) in [5.74, 6) is -0.489. The third-order valence-electron chi connectivity index (χ3n) is 3.84. The Morgan fingerprint density at radius 2 is 1.85 bits per heavy atom. The van der Waals surface area contributed by atoms with Crippen molar-refractivity contribution in [2.75, 3.05) is 0 Å². The molecule has 0 aromatic heterocycles. The molecule has 1 unspecified atom stereocenters. The van der Waals surface area contributed by atoms with Crippen molar-refractivity contribution in [3.05, 3.63) is 65.7 Å². The first-order valence-corrected chi connectivity index (χ1v) is 6.53. The van der Waals surface area contributed by atoms with Gasteiger partial charge in [0.2, 0.25) is 0 Å². The number of fused-ring (bicyclic) bond motifs is 1. The van der Waals surface area contributed by atoms with Crippen molar-refractivity contribution in [2.45, 2.75) is 18.8 Å². The summed E-state index contributed by atoms with van der Waals surface area (Å²) in [5, 5.41) is 0. The third kappa shape index (κ3) is 1.84. The zero-order valence-corrected chi connectivity index (χ0v) is 11.1. The lowest BCUT2D eigenvalue weighted by molar-refractivity contribution is -0.134. The lowest BCUT2D eigenvalue weighted by atomic mass is 9.73. The summed E-state index contributed by atoms with van der Waals surface area (Å²) in [4.78, 5) is 25.3. The SMILES string of the molecule is CC1(c2ccccc2)C(=O)NNC2=C[CH]CC(=C2)C1=O. The zero-order valence-electron chi connectivity index (χ0n) is 11.1. The van der Waals surface area contributed by atoms with Gasteiger partial charge in [-0.15, -0.1) is 0 Å². The quantitative estimate of drug-likeness (QED) is 0.759. The maximum Gasteiger partial charge on any atom is 0.256 e. The molecule has 2 aliphatic rings. The highest BCUT2D eigenvalue weighted by Gasteiger charge is 2.45. The van der Waals surface area contributed by atoms with Crippen molar-refractivity contribution in [2.24, 2.45) is 0 Å². The summed E-state index contributed by atoms with van der Waals surface area (Å²) in [6.07, 6.45) is 6.11. The predicted molar refractivity (Wildman–Crippen MR) is 75.2 cm³/mol. The summed E-state index contributed by atoms with van der Waals surface area (Å²) in [6.45, 7) is 1.67. The highest BCUT2D eigenvalue weighted by Crippen LogP contribution is 2.32. The van der Waals surface area contributed by atoms with Gasteiger partial charge in [-0.25, -0.2) is 0 Å². The maximum absolute atomic E-state index is 12.8. The Morgan fingerprint density at radius 3 is 2.60 bits per heavy atom. The number of benzene rings is 1. The molecule has 1 heterocycles. The van der Waals surface area contributed by atoms with Crippen molar-refractivity contribution in [1.82, 2.24) is 10.9 Å². The number of allylic oxidation sites excluding steroid dienone is 3. The first-order chi connectivity index (χ1) is 9.62. The van der Waals surface area contributed by atoms with Gasteiger partial charge in [-0.05, 0) is 37.0 Å². The Bertz CT molecular complexity index is 631. The van der Waals surface area contributed by atoms with Crippen LogP contribution in [0.1, 0.15) is 18.9 Å². The van der Waals surface area contributed by atoms with Crippen LogP contribution in [0, 0.1) is 6.42 Å². The summed E-state index contributed by atoms with van der Waals surface area (Å²) < 4.78 is 0. The number of nitrogens with one attached hydrogen (secondary N) is 2. The van der Waals surface area contributed by atoms with E-state index < -0.39 is 5.41 Å². The van der Waals surface area contributed by atoms with Crippen LogP contribution in [-0.4, -0.2) is 11.7 Å². The molecule has 4 nitrogen and oxygen atoms in total. The lowest BCUT2D eigenvalue weighted by Crippen LogP contribution is -2.54. The van der Waals surface area contributed by atoms with E-state index in [9.17, 15) is 9.59 Å². The third-order valence-corrected chi connectivity index (χ3v) is 3.84.